The molecule has 1 heterocycles. The molecule has 0 aliphatic heterocycles. The first-order valence-corrected chi connectivity index (χ1v) is 8.04. The van der Waals surface area contributed by atoms with Gasteiger partial charge in [0.25, 0.3) is 5.91 Å². The van der Waals surface area contributed by atoms with Gasteiger partial charge in [-0.1, -0.05) is 35.2 Å². The van der Waals surface area contributed by atoms with Gasteiger partial charge >= 0.3 is 0 Å². The van der Waals surface area contributed by atoms with Crippen molar-refractivity contribution in [2.45, 2.75) is 39.0 Å². The van der Waals surface area contributed by atoms with Crippen LogP contribution in [0.2, 0.25) is 0 Å². The summed E-state index contributed by atoms with van der Waals surface area (Å²) in [6.07, 6.45) is 7.96. The number of amides is 1. The van der Waals surface area contributed by atoms with Gasteiger partial charge in [0.1, 0.15) is 0 Å². The van der Waals surface area contributed by atoms with Crippen molar-refractivity contribution < 1.29 is 4.79 Å². The summed E-state index contributed by atoms with van der Waals surface area (Å²) in [5.74, 6) is 0.0106. The number of nitrogens with zero attached hydrogens (tertiary/aromatic N) is 1. The number of alkyl halides is 1. The lowest BCUT2D eigenvalue weighted by Crippen LogP contribution is -2.40. The maximum Gasteiger partial charge on any atom is 0.251 e. The summed E-state index contributed by atoms with van der Waals surface area (Å²) >= 11 is 3.62. The molecule has 1 amide bonds. The average molecular weight is 325 g/mol. The first-order valence-electron chi connectivity index (χ1n) is 6.92. The van der Waals surface area contributed by atoms with E-state index in [4.69, 9.17) is 0 Å². The molecule has 0 atom stereocenters. The second kappa shape index (κ2) is 6.51. The average Bonchev–Trinajstić information content (AvgIpc) is 2.46. The van der Waals surface area contributed by atoms with E-state index in [0.717, 1.165) is 17.6 Å². The molecular weight excluding hydrogens is 304 g/mol. The Labute approximate surface area is 123 Å². The van der Waals surface area contributed by atoms with Crippen LogP contribution in [0.3, 0.4) is 0 Å². The summed E-state index contributed by atoms with van der Waals surface area (Å²) in [7, 11) is 0. The number of rotatable bonds is 4. The minimum absolute atomic E-state index is 0.0106. The number of hydrogen-bond acceptors (Lipinski definition) is 2. The fourth-order valence-corrected chi connectivity index (χ4v) is 3.48. The zero-order valence-corrected chi connectivity index (χ0v) is 13.0. The lowest BCUT2D eigenvalue weighted by Gasteiger charge is -2.35. The molecule has 2 rings (SSSR count). The number of nitrogens with one attached hydrogen (secondary N) is 1. The van der Waals surface area contributed by atoms with Crippen LogP contribution >= 0.6 is 15.9 Å². The van der Waals surface area contributed by atoms with E-state index in [2.05, 4.69) is 26.2 Å². The van der Waals surface area contributed by atoms with Gasteiger partial charge in [-0.15, -0.1) is 0 Å². The van der Waals surface area contributed by atoms with Crippen LogP contribution in [0.1, 0.15) is 48.2 Å². The zero-order chi connectivity index (χ0) is 13.7. The highest BCUT2D eigenvalue weighted by atomic mass is 79.9. The van der Waals surface area contributed by atoms with Crippen LogP contribution in [0.25, 0.3) is 0 Å². The highest BCUT2D eigenvalue weighted by Gasteiger charge is 2.31. The smallest absolute Gasteiger partial charge is 0.251 e. The van der Waals surface area contributed by atoms with Crippen molar-refractivity contribution in [3.8, 4) is 0 Å². The normalized spacial score (nSPS) is 18.0. The predicted molar refractivity (Wildman–Crippen MR) is 80.6 cm³/mol. The molecule has 1 fully saturated rings. The van der Waals surface area contributed by atoms with Gasteiger partial charge in [-0.2, -0.15) is 0 Å². The summed E-state index contributed by atoms with van der Waals surface area (Å²) in [4.78, 5) is 16.3. The Kier molecular flexibility index (Phi) is 4.97. The largest absolute Gasteiger partial charge is 0.351 e. The Balaban J connectivity index is 1.95. The molecule has 1 aliphatic rings. The summed E-state index contributed by atoms with van der Waals surface area (Å²) in [6, 6.07) is 3.60. The molecule has 0 spiro atoms. The number of carbonyl (C=O) groups excluding carboxylic acids is 1. The van der Waals surface area contributed by atoms with Gasteiger partial charge in [0, 0.05) is 29.3 Å². The molecule has 19 heavy (non-hydrogen) atoms. The number of pyridine rings is 1. The SMILES string of the molecule is Cc1cc(C(=O)NCC2(CBr)CCCCC2)ccn1. The summed E-state index contributed by atoms with van der Waals surface area (Å²) in [5.41, 5.74) is 1.82. The van der Waals surface area contributed by atoms with Crippen LogP contribution in [0.4, 0.5) is 0 Å². The van der Waals surface area contributed by atoms with Gasteiger partial charge in [-0.05, 0) is 37.3 Å². The molecule has 104 valence electrons. The van der Waals surface area contributed by atoms with Crippen LogP contribution in [0.5, 0.6) is 0 Å². The molecule has 0 bridgehead atoms. The first kappa shape index (κ1) is 14.5. The fourth-order valence-electron chi connectivity index (χ4n) is 2.72. The third-order valence-corrected chi connectivity index (χ3v) is 5.17. The maximum absolute atomic E-state index is 12.1. The molecule has 1 N–H and O–H groups in total. The van der Waals surface area contributed by atoms with E-state index in [1.54, 1.807) is 12.3 Å². The van der Waals surface area contributed by atoms with Crippen molar-refractivity contribution in [2.24, 2.45) is 5.41 Å². The number of hydrogen-bond donors (Lipinski definition) is 1. The van der Waals surface area contributed by atoms with E-state index in [1.165, 1.54) is 32.1 Å². The van der Waals surface area contributed by atoms with Crippen molar-refractivity contribution in [3.05, 3.63) is 29.6 Å². The molecule has 0 unspecified atom stereocenters. The van der Waals surface area contributed by atoms with Crippen LogP contribution in [-0.2, 0) is 0 Å². The van der Waals surface area contributed by atoms with Crippen LogP contribution in [-0.4, -0.2) is 22.8 Å². The summed E-state index contributed by atoms with van der Waals surface area (Å²) < 4.78 is 0. The number of carbonyl (C=O) groups is 1. The van der Waals surface area contributed by atoms with Crippen molar-refractivity contribution in [1.29, 1.82) is 0 Å². The minimum Gasteiger partial charge on any atom is -0.351 e. The molecule has 0 radical (unpaired) electrons. The van der Waals surface area contributed by atoms with E-state index in [9.17, 15) is 4.79 Å². The lowest BCUT2D eigenvalue weighted by molar-refractivity contribution is 0.0921. The highest BCUT2D eigenvalue weighted by Crippen LogP contribution is 2.37. The standard InChI is InChI=1S/C15H21BrN2O/c1-12-9-13(5-8-17-12)14(19)18-11-15(10-16)6-3-2-4-7-15/h5,8-9H,2-4,6-7,10-11H2,1H3,(H,18,19). The van der Waals surface area contributed by atoms with Crippen molar-refractivity contribution >= 4 is 21.8 Å². The third-order valence-electron chi connectivity index (χ3n) is 3.98. The van der Waals surface area contributed by atoms with Gasteiger partial charge in [-0.25, -0.2) is 0 Å². The van der Waals surface area contributed by atoms with Gasteiger partial charge < -0.3 is 5.32 Å². The first-order chi connectivity index (χ1) is 9.15. The maximum atomic E-state index is 12.1. The number of halogens is 1. The quantitative estimate of drug-likeness (QED) is 0.862. The van der Waals surface area contributed by atoms with Crippen molar-refractivity contribution in [2.75, 3.05) is 11.9 Å². The summed E-state index contributed by atoms with van der Waals surface area (Å²) in [6.45, 7) is 2.66. The zero-order valence-electron chi connectivity index (χ0n) is 11.4. The monoisotopic (exact) mass is 324 g/mol. The molecule has 4 heteroatoms. The van der Waals surface area contributed by atoms with Gasteiger partial charge in [0.2, 0.25) is 0 Å². The fraction of sp³-hybridized carbons (Fsp3) is 0.600. The van der Waals surface area contributed by atoms with Crippen LogP contribution < -0.4 is 5.32 Å². The molecule has 1 aliphatic carbocycles. The van der Waals surface area contributed by atoms with Crippen LogP contribution in [0.15, 0.2) is 18.3 Å². The molecule has 0 saturated heterocycles. The van der Waals surface area contributed by atoms with Gasteiger partial charge in [-0.3, -0.25) is 9.78 Å². The Bertz CT molecular complexity index is 442. The number of aryl methyl sites for hydroxylation is 1. The highest BCUT2D eigenvalue weighted by molar-refractivity contribution is 9.09. The molecule has 1 aromatic heterocycles. The minimum atomic E-state index is 0.0106. The van der Waals surface area contributed by atoms with Crippen molar-refractivity contribution in [1.82, 2.24) is 10.3 Å². The number of aromatic nitrogens is 1. The van der Waals surface area contributed by atoms with E-state index < -0.39 is 0 Å². The van der Waals surface area contributed by atoms with Gasteiger partial charge in [0.05, 0.1) is 0 Å². The molecule has 1 aromatic rings. The van der Waals surface area contributed by atoms with E-state index in [1.807, 2.05) is 13.0 Å². The van der Waals surface area contributed by atoms with E-state index in [0.29, 0.717) is 5.56 Å². The Hall–Kier alpha value is -0.900. The molecule has 3 nitrogen and oxygen atoms in total. The Morgan fingerprint density at radius 3 is 2.79 bits per heavy atom. The molecular formula is C15H21BrN2O. The summed E-state index contributed by atoms with van der Waals surface area (Å²) in [5, 5.41) is 4.06. The Morgan fingerprint density at radius 2 is 2.16 bits per heavy atom. The molecule has 0 aromatic carbocycles. The lowest BCUT2D eigenvalue weighted by atomic mass is 9.75. The second-order valence-electron chi connectivity index (χ2n) is 5.56. The van der Waals surface area contributed by atoms with Crippen LogP contribution in [0, 0.1) is 12.3 Å². The predicted octanol–water partition coefficient (Wildman–Crippen LogP) is 3.47. The molecule has 1 saturated carbocycles. The van der Waals surface area contributed by atoms with Crippen molar-refractivity contribution in [3.63, 3.8) is 0 Å². The van der Waals surface area contributed by atoms with E-state index >= 15 is 0 Å². The van der Waals surface area contributed by atoms with Gasteiger partial charge in [0.15, 0.2) is 0 Å². The third kappa shape index (κ3) is 3.78. The van der Waals surface area contributed by atoms with E-state index in [-0.39, 0.29) is 11.3 Å². The second-order valence-corrected chi connectivity index (χ2v) is 6.12. The Morgan fingerprint density at radius 1 is 1.42 bits per heavy atom. The topological polar surface area (TPSA) is 42.0 Å².